The van der Waals surface area contributed by atoms with Gasteiger partial charge in [0, 0.05) is 25.2 Å². The number of halogens is 3. The van der Waals surface area contributed by atoms with Crippen molar-refractivity contribution in [2.75, 3.05) is 6.54 Å². The van der Waals surface area contributed by atoms with Crippen molar-refractivity contribution < 1.29 is 13.2 Å². The zero-order chi connectivity index (χ0) is 15.5. The van der Waals surface area contributed by atoms with Gasteiger partial charge in [-0.05, 0) is 12.1 Å². The first-order valence-electron chi connectivity index (χ1n) is 6.45. The van der Waals surface area contributed by atoms with E-state index in [1.807, 2.05) is 0 Å². The zero-order valence-electron chi connectivity index (χ0n) is 11.6. The van der Waals surface area contributed by atoms with Crippen LogP contribution in [0.15, 0.2) is 18.3 Å². The first-order chi connectivity index (χ1) is 9.86. The van der Waals surface area contributed by atoms with Crippen LogP contribution in [-0.4, -0.2) is 27.8 Å². The first kappa shape index (κ1) is 15.8. The van der Waals surface area contributed by atoms with Crippen molar-refractivity contribution in [1.82, 2.24) is 20.5 Å². The molecule has 2 aromatic heterocycles. The number of hydrogen-bond donors (Lipinski definition) is 1. The second kappa shape index (κ2) is 6.48. The van der Waals surface area contributed by atoms with Crippen molar-refractivity contribution in [2.24, 2.45) is 0 Å². The minimum absolute atomic E-state index is 0.397. The second-order valence-corrected chi connectivity index (χ2v) is 5.85. The minimum atomic E-state index is -4.37. The Bertz CT molecular complexity index is 578. The van der Waals surface area contributed by atoms with Crippen molar-refractivity contribution in [3.8, 4) is 10.7 Å². The number of rotatable bonds is 5. The summed E-state index contributed by atoms with van der Waals surface area (Å²) in [6, 6.07) is 2.72. The number of aromatic nitrogens is 3. The lowest BCUT2D eigenvalue weighted by Crippen LogP contribution is -2.24. The summed E-state index contributed by atoms with van der Waals surface area (Å²) in [5.41, 5.74) is -0.360. The van der Waals surface area contributed by atoms with Crippen molar-refractivity contribution in [3.63, 3.8) is 0 Å². The van der Waals surface area contributed by atoms with E-state index in [0.717, 1.165) is 30.2 Å². The van der Waals surface area contributed by atoms with E-state index in [9.17, 15) is 13.2 Å². The molecule has 21 heavy (non-hydrogen) atoms. The molecule has 0 aliphatic carbocycles. The summed E-state index contributed by atoms with van der Waals surface area (Å²) in [6.45, 7) is 4.89. The van der Waals surface area contributed by atoms with Crippen LogP contribution in [0.25, 0.3) is 10.7 Å². The molecule has 0 unspecified atom stereocenters. The third kappa shape index (κ3) is 4.47. The Balaban J connectivity index is 2.04. The second-order valence-electron chi connectivity index (χ2n) is 4.79. The lowest BCUT2D eigenvalue weighted by molar-refractivity contribution is -0.137. The third-order valence-electron chi connectivity index (χ3n) is 2.67. The Kier molecular flexibility index (Phi) is 4.89. The Morgan fingerprint density at radius 1 is 1.24 bits per heavy atom. The van der Waals surface area contributed by atoms with E-state index < -0.39 is 11.7 Å². The van der Waals surface area contributed by atoms with Crippen LogP contribution < -0.4 is 5.32 Å². The molecule has 0 atom stereocenters. The lowest BCUT2D eigenvalue weighted by Gasteiger charge is -2.05. The SMILES string of the molecule is CC(C)NCCc1nnc(-c2ccc(C(F)(F)F)cn2)s1. The Labute approximate surface area is 124 Å². The molecule has 114 valence electrons. The standard InChI is InChI=1S/C13H15F3N4S/c1-8(2)17-6-5-11-19-20-12(21-11)10-4-3-9(7-18-10)13(14,15)16/h3-4,7-8,17H,5-6H2,1-2H3. The van der Waals surface area contributed by atoms with Crippen LogP contribution in [0.4, 0.5) is 13.2 Å². The van der Waals surface area contributed by atoms with Crippen molar-refractivity contribution in [2.45, 2.75) is 32.5 Å². The predicted molar refractivity (Wildman–Crippen MR) is 75.0 cm³/mol. The number of nitrogens with one attached hydrogen (secondary N) is 1. The highest BCUT2D eigenvalue weighted by Gasteiger charge is 2.30. The summed E-state index contributed by atoms with van der Waals surface area (Å²) >= 11 is 1.35. The molecule has 4 nitrogen and oxygen atoms in total. The molecule has 0 bridgehead atoms. The summed E-state index contributed by atoms with van der Waals surface area (Å²) in [4.78, 5) is 3.81. The summed E-state index contributed by atoms with van der Waals surface area (Å²) in [7, 11) is 0. The fraction of sp³-hybridized carbons (Fsp3) is 0.462. The smallest absolute Gasteiger partial charge is 0.314 e. The quantitative estimate of drug-likeness (QED) is 0.920. The molecule has 8 heteroatoms. The summed E-state index contributed by atoms with van der Waals surface area (Å²) < 4.78 is 37.4. The van der Waals surface area contributed by atoms with E-state index in [-0.39, 0.29) is 0 Å². The van der Waals surface area contributed by atoms with Gasteiger partial charge in [-0.15, -0.1) is 10.2 Å². The van der Waals surface area contributed by atoms with E-state index in [0.29, 0.717) is 16.7 Å². The van der Waals surface area contributed by atoms with Gasteiger partial charge in [-0.2, -0.15) is 13.2 Å². The van der Waals surface area contributed by atoms with Gasteiger partial charge in [0.05, 0.1) is 5.56 Å². The minimum Gasteiger partial charge on any atom is -0.314 e. The van der Waals surface area contributed by atoms with Gasteiger partial charge in [0.25, 0.3) is 0 Å². The van der Waals surface area contributed by atoms with Gasteiger partial charge < -0.3 is 5.32 Å². The largest absolute Gasteiger partial charge is 0.417 e. The zero-order valence-corrected chi connectivity index (χ0v) is 12.4. The van der Waals surface area contributed by atoms with E-state index in [4.69, 9.17) is 0 Å². The maximum absolute atomic E-state index is 12.5. The highest BCUT2D eigenvalue weighted by Crippen LogP contribution is 2.30. The fourth-order valence-electron chi connectivity index (χ4n) is 1.61. The highest BCUT2D eigenvalue weighted by molar-refractivity contribution is 7.14. The Hall–Kier alpha value is -1.54. The van der Waals surface area contributed by atoms with Gasteiger partial charge in [-0.1, -0.05) is 25.2 Å². The van der Waals surface area contributed by atoms with E-state index in [1.165, 1.54) is 17.4 Å². The fourth-order valence-corrected chi connectivity index (χ4v) is 2.43. The molecule has 0 aliphatic rings. The molecule has 0 spiro atoms. The summed E-state index contributed by atoms with van der Waals surface area (Å²) in [5, 5.41) is 12.6. The number of nitrogens with zero attached hydrogens (tertiary/aromatic N) is 3. The number of pyridine rings is 1. The van der Waals surface area contributed by atoms with Crippen LogP contribution in [0, 0.1) is 0 Å². The van der Waals surface area contributed by atoms with E-state index >= 15 is 0 Å². The molecule has 0 aromatic carbocycles. The molecular formula is C13H15F3N4S. The molecule has 0 saturated heterocycles. The van der Waals surface area contributed by atoms with Gasteiger partial charge in [0.1, 0.15) is 10.7 Å². The van der Waals surface area contributed by atoms with Gasteiger partial charge in [-0.3, -0.25) is 4.98 Å². The Morgan fingerprint density at radius 3 is 2.57 bits per heavy atom. The molecule has 1 N–H and O–H groups in total. The molecule has 0 saturated carbocycles. The van der Waals surface area contributed by atoms with Crippen LogP contribution in [0.5, 0.6) is 0 Å². The Morgan fingerprint density at radius 2 is 2.00 bits per heavy atom. The molecule has 0 amide bonds. The highest BCUT2D eigenvalue weighted by atomic mass is 32.1. The lowest BCUT2D eigenvalue weighted by atomic mass is 10.2. The molecular weight excluding hydrogens is 301 g/mol. The maximum Gasteiger partial charge on any atom is 0.417 e. The van der Waals surface area contributed by atoms with Gasteiger partial charge in [0.2, 0.25) is 0 Å². The van der Waals surface area contributed by atoms with Crippen molar-refractivity contribution in [3.05, 3.63) is 28.9 Å². The van der Waals surface area contributed by atoms with Crippen LogP contribution in [0.2, 0.25) is 0 Å². The topological polar surface area (TPSA) is 50.7 Å². The van der Waals surface area contributed by atoms with Crippen LogP contribution in [-0.2, 0) is 12.6 Å². The monoisotopic (exact) mass is 316 g/mol. The van der Waals surface area contributed by atoms with Crippen LogP contribution in [0.1, 0.15) is 24.4 Å². The molecule has 2 heterocycles. The van der Waals surface area contributed by atoms with Crippen LogP contribution in [0.3, 0.4) is 0 Å². The van der Waals surface area contributed by atoms with Crippen molar-refractivity contribution >= 4 is 11.3 Å². The van der Waals surface area contributed by atoms with E-state index in [1.54, 1.807) is 0 Å². The third-order valence-corrected chi connectivity index (χ3v) is 3.67. The van der Waals surface area contributed by atoms with Crippen molar-refractivity contribution in [1.29, 1.82) is 0 Å². The molecule has 2 rings (SSSR count). The van der Waals surface area contributed by atoms with Gasteiger partial charge in [0.15, 0.2) is 5.01 Å². The van der Waals surface area contributed by atoms with Crippen LogP contribution >= 0.6 is 11.3 Å². The van der Waals surface area contributed by atoms with Gasteiger partial charge >= 0.3 is 6.18 Å². The van der Waals surface area contributed by atoms with E-state index in [2.05, 4.69) is 34.3 Å². The molecule has 0 radical (unpaired) electrons. The maximum atomic E-state index is 12.5. The number of alkyl halides is 3. The normalized spacial score (nSPS) is 12.1. The van der Waals surface area contributed by atoms with Gasteiger partial charge in [-0.25, -0.2) is 0 Å². The first-order valence-corrected chi connectivity index (χ1v) is 7.27. The molecule has 0 fully saturated rings. The average Bonchev–Trinajstić information content (AvgIpc) is 2.86. The summed E-state index contributed by atoms with van der Waals surface area (Å²) in [6.07, 6.45) is -2.83. The molecule has 2 aromatic rings. The average molecular weight is 316 g/mol. The summed E-state index contributed by atoms with van der Waals surface area (Å²) in [5.74, 6) is 0. The predicted octanol–water partition coefficient (Wildman–Crippen LogP) is 3.16. The number of hydrogen-bond acceptors (Lipinski definition) is 5. The molecule has 0 aliphatic heterocycles.